The van der Waals surface area contributed by atoms with Gasteiger partial charge in [-0.1, -0.05) is 11.8 Å². The Bertz CT molecular complexity index is 1340. The minimum Gasteiger partial charge on any atom is -0.395 e. The van der Waals surface area contributed by atoms with Gasteiger partial charge in [0.25, 0.3) is 5.56 Å². The molecule has 4 heterocycles. The SMILES string of the molecule is CN1CCN(P(=O)(OCCSC(=O)C(C)(C)CO)OC[C@@H]2O[C@H](n3cnc4c(=O)[nH]c(N)nc43)[C@@](C)(O)[C@H]2O)CC1. The molecule has 1 unspecified atom stereocenters. The number of hydrogen-bond acceptors (Lipinski definition) is 14. The molecule has 0 radical (unpaired) electrons. The van der Waals surface area contributed by atoms with Gasteiger partial charge in [-0.05, 0) is 27.8 Å². The molecule has 2 aromatic rings. The molecule has 0 amide bonds. The minimum atomic E-state index is -3.92. The second-order valence-corrected chi connectivity index (χ2v) is 14.1. The lowest BCUT2D eigenvalue weighted by molar-refractivity contribution is -0.119. The molecule has 6 N–H and O–H groups in total. The van der Waals surface area contributed by atoms with E-state index in [1.807, 2.05) is 7.05 Å². The van der Waals surface area contributed by atoms with E-state index in [1.165, 1.54) is 17.8 Å². The lowest BCUT2D eigenvalue weighted by Gasteiger charge is -2.36. The van der Waals surface area contributed by atoms with Gasteiger partial charge >= 0.3 is 7.75 Å². The van der Waals surface area contributed by atoms with Crippen molar-refractivity contribution in [2.75, 3.05) is 64.5 Å². The number of carbonyl (C=O) groups excluding carboxylic acids is 1. The van der Waals surface area contributed by atoms with Gasteiger partial charge < -0.3 is 30.7 Å². The van der Waals surface area contributed by atoms with Gasteiger partial charge in [-0.25, -0.2) is 14.2 Å². The average Bonchev–Trinajstić information content (AvgIpc) is 3.43. The van der Waals surface area contributed by atoms with Gasteiger partial charge in [-0.3, -0.25) is 28.2 Å². The number of imidazole rings is 1. The summed E-state index contributed by atoms with van der Waals surface area (Å²) >= 11 is 0.968. The molecule has 18 heteroatoms. The summed E-state index contributed by atoms with van der Waals surface area (Å²) in [5.74, 6) is 0.0263. The van der Waals surface area contributed by atoms with Crippen LogP contribution in [0.4, 0.5) is 5.95 Å². The molecule has 0 spiro atoms. The van der Waals surface area contributed by atoms with Gasteiger partial charge in [0.05, 0.1) is 31.6 Å². The Morgan fingerprint density at radius 3 is 2.68 bits per heavy atom. The molecule has 2 fully saturated rings. The molecule has 16 nitrogen and oxygen atoms in total. The number of likely N-dealkylation sites (N-methyl/N-ethyl adjacent to an activating group) is 1. The molecule has 4 rings (SSSR count). The summed E-state index contributed by atoms with van der Waals surface area (Å²) in [6.07, 6.45) is -2.61. The number of anilines is 1. The Morgan fingerprint density at radius 2 is 2.02 bits per heavy atom. The summed E-state index contributed by atoms with van der Waals surface area (Å²) in [5.41, 5.74) is 2.33. The Kier molecular flexibility index (Phi) is 9.65. The number of nitrogens with one attached hydrogen (secondary N) is 1. The van der Waals surface area contributed by atoms with Crippen LogP contribution in [0.5, 0.6) is 0 Å². The normalized spacial score (nSPS) is 27.8. The van der Waals surface area contributed by atoms with E-state index in [2.05, 4.69) is 19.9 Å². The van der Waals surface area contributed by atoms with Crippen LogP contribution in [-0.4, -0.2) is 126 Å². The van der Waals surface area contributed by atoms with E-state index in [9.17, 15) is 29.5 Å². The number of aromatic amines is 1. The fourth-order valence-electron chi connectivity index (χ4n) is 4.45. The minimum absolute atomic E-state index is 0.0283. The summed E-state index contributed by atoms with van der Waals surface area (Å²) in [7, 11) is -1.97. The molecule has 41 heavy (non-hydrogen) atoms. The largest absolute Gasteiger partial charge is 0.408 e. The zero-order valence-electron chi connectivity index (χ0n) is 23.4. The van der Waals surface area contributed by atoms with E-state index in [0.717, 1.165) is 11.8 Å². The van der Waals surface area contributed by atoms with E-state index >= 15 is 0 Å². The Morgan fingerprint density at radius 1 is 1.34 bits per heavy atom. The molecule has 230 valence electrons. The fraction of sp³-hybridized carbons (Fsp3) is 0.739. The van der Waals surface area contributed by atoms with Crippen LogP contribution in [0.25, 0.3) is 11.2 Å². The number of aliphatic hydroxyl groups is 3. The first-order chi connectivity index (χ1) is 19.2. The third-order valence-electron chi connectivity index (χ3n) is 7.20. The molecule has 2 aliphatic heterocycles. The highest BCUT2D eigenvalue weighted by Gasteiger charge is 2.54. The third kappa shape index (κ3) is 6.69. The van der Waals surface area contributed by atoms with Crippen molar-refractivity contribution in [1.29, 1.82) is 0 Å². The predicted octanol–water partition coefficient (Wildman–Crippen LogP) is -0.622. The standard InChI is InChI=1S/C23H38N7O9PS/c1-22(2,12-31)20(34)41-10-9-37-40(36,29-7-5-28(4)6-8-29)38-11-14-16(32)23(3,35)19(39-14)30-13-25-15-17(30)26-21(24)27-18(15)33/h13-14,16,19,31-32,35H,5-12H2,1-4H3,(H3,24,26,27,33)/t14-,16-,19-,23-,40?/m0/s1. The molecule has 2 saturated heterocycles. The first kappa shape index (κ1) is 32.0. The van der Waals surface area contributed by atoms with Crippen LogP contribution in [0.15, 0.2) is 11.1 Å². The molecular weight excluding hydrogens is 581 g/mol. The number of aromatic nitrogens is 4. The average molecular weight is 620 g/mol. The number of thioether (sulfide) groups is 1. The van der Waals surface area contributed by atoms with E-state index in [4.69, 9.17) is 19.5 Å². The number of piperazine rings is 1. The second kappa shape index (κ2) is 12.4. The fourth-order valence-corrected chi connectivity index (χ4v) is 7.11. The summed E-state index contributed by atoms with van der Waals surface area (Å²) in [6, 6.07) is 0. The van der Waals surface area contributed by atoms with Crippen molar-refractivity contribution >= 4 is 41.7 Å². The van der Waals surface area contributed by atoms with Crippen LogP contribution >= 0.6 is 19.5 Å². The van der Waals surface area contributed by atoms with E-state index in [1.54, 1.807) is 18.5 Å². The van der Waals surface area contributed by atoms with Gasteiger partial charge in [0, 0.05) is 31.9 Å². The molecule has 0 aliphatic carbocycles. The first-order valence-corrected chi connectivity index (χ1v) is 15.6. The molecule has 0 aromatic carbocycles. The number of nitrogens with two attached hydrogens (primary N) is 1. The van der Waals surface area contributed by atoms with Gasteiger partial charge in [0.2, 0.25) is 5.95 Å². The Balaban J connectivity index is 1.47. The van der Waals surface area contributed by atoms with Crippen LogP contribution < -0.4 is 11.3 Å². The van der Waals surface area contributed by atoms with Crippen molar-refractivity contribution in [3.8, 4) is 0 Å². The zero-order chi connectivity index (χ0) is 30.2. The number of H-pyrrole nitrogens is 1. The molecular formula is C23H38N7O9PS. The quantitative estimate of drug-likeness (QED) is 0.156. The predicted molar refractivity (Wildman–Crippen MR) is 150 cm³/mol. The number of nitrogens with zero attached hydrogens (tertiary/aromatic N) is 5. The monoisotopic (exact) mass is 619 g/mol. The molecule has 2 aromatic heterocycles. The number of nitrogen functional groups attached to an aromatic ring is 1. The maximum Gasteiger partial charge on any atom is 0.408 e. The molecule has 0 bridgehead atoms. The smallest absolute Gasteiger partial charge is 0.395 e. The summed E-state index contributed by atoms with van der Waals surface area (Å²) in [5, 5.41) is 31.3. The number of aliphatic hydroxyl groups excluding tert-OH is 2. The summed E-state index contributed by atoms with van der Waals surface area (Å²) in [6.45, 7) is 5.88. The summed E-state index contributed by atoms with van der Waals surface area (Å²) in [4.78, 5) is 37.1. The topological polar surface area (TPSA) is 219 Å². The maximum absolute atomic E-state index is 14.0. The van der Waals surface area contributed by atoms with Crippen LogP contribution in [-0.2, 0) is 23.1 Å². The lowest BCUT2D eigenvalue weighted by atomic mass is 9.96. The summed E-state index contributed by atoms with van der Waals surface area (Å²) < 4.78 is 34.4. The maximum atomic E-state index is 14.0. The van der Waals surface area contributed by atoms with Crippen molar-refractivity contribution in [3.63, 3.8) is 0 Å². The molecule has 5 atom stereocenters. The van der Waals surface area contributed by atoms with E-state index < -0.39 is 49.4 Å². The Labute approximate surface area is 240 Å². The number of ether oxygens (including phenoxy) is 1. The zero-order valence-corrected chi connectivity index (χ0v) is 25.1. The van der Waals surface area contributed by atoms with Crippen LogP contribution in [0.1, 0.15) is 27.0 Å². The highest BCUT2D eigenvalue weighted by atomic mass is 32.2. The number of rotatable bonds is 11. The van der Waals surface area contributed by atoms with Crippen molar-refractivity contribution in [2.24, 2.45) is 5.41 Å². The van der Waals surface area contributed by atoms with Gasteiger partial charge in [-0.2, -0.15) is 4.98 Å². The highest BCUT2D eigenvalue weighted by Crippen LogP contribution is 2.53. The van der Waals surface area contributed by atoms with Crippen LogP contribution in [0, 0.1) is 5.41 Å². The molecule has 2 aliphatic rings. The van der Waals surface area contributed by atoms with Gasteiger partial charge in [-0.15, -0.1) is 0 Å². The van der Waals surface area contributed by atoms with Crippen molar-refractivity contribution in [1.82, 2.24) is 29.1 Å². The van der Waals surface area contributed by atoms with Crippen LogP contribution in [0.2, 0.25) is 0 Å². The number of hydrogen-bond donors (Lipinski definition) is 5. The molecule has 0 saturated carbocycles. The van der Waals surface area contributed by atoms with Crippen molar-refractivity contribution in [3.05, 3.63) is 16.7 Å². The number of fused-ring (bicyclic) bond motifs is 1. The Hall–Kier alpha value is -1.92. The third-order valence-corrected chi connectivity index (χ3v) is 10.5. The number of carbonyl (C=O) groups is 1. The first-order valence-electron chi connectivity index (χ1n) is 13.1. The second-order valence-electron chi connectivity index (χ2n) is 11.0. The van der Waals surface area contributed by atoms with Gasteiger partial charge in [0.1, 0.15) is 17.8 Å². The van der Waals surface area contributed by atoms with Crippen LogP contribution in [0.3, 0.4) is 0 Å². The van der Waals surface area contributed by atoms with Crippen molar-refractivity contribution in [2.45, 2.75) is 44.8 Å². The lowest BCUT2D eigenvalue weighted by Crippen LogP contribution is -2.45. The highest BCUT2D eigenvalue weighted by molar-refractivity contribution is 8.13. The van der Waals surface area contributed by atoms with Gasteiger partial charge in [0.15, 0.2) is 22.5 Å². The van der Waals surface area contributed by atoms with E-state index in [0.29, 0.717) is 26.2 Å². The van der Waals surface area contributed by atoms with E-state index in [-0.39, 0.29) is 41.2 Å². The van der Waals surface area contributed by atoms with Crippen molar-refractivity contribution < 1.29 is 38.5 Å².